The van der Waals surface area contributed by atoms with E-state index in [1.807, 2.05) is 0 Å². The minimum absolute atomic E-state index is 0.945. The molecule has 1 aliphatic heterocycles. The van der Waals surface area contributed by atoms with E-state index in [0.717, 1.165) is 23.3 Å². The van der Waals surface area contributed by atoms with Crippen LogP contribution in [0.3, 0.4) is 0 Å². The molecule has 0 amide bonds. The zero-order valence-electron chi connectivity index (χ0n) is 5.96. The van der Waals surface area contributed by atoms with E-state index in [1.165, 1.54) is 5.56 Å². The van der Waals surface area contributed by atoms with Crippen LogP contribution in [0.4, 0.5) is 0 Å². The molecule has 11 heavy (non-hydrogen) atoms. The molecule has 1 aromatic heterocycles. The van der Waals surface area contributed by atoms with Crippen molar-refractivity contribution < 1.29 is 0 Å². The number of nitrogens with zero attached hydrogens (tertiary/aromatic N) is 1. The lowest BCUT2D eigenvalue weighted by molar-refractivity contribution is 1.01. The first-order valence-electron chi connectivity index (χ1n) is 3.74. The van der Waals surface area contributed by atoms with E-state index < -0.39 is 0 Å². The van der Waals surface area contributed by atoms with Crippen LogP contribution in [-0.2, 0) is 6.42 Å². The van der Waals surface area contributed by atoms with Gasteiger partial charge in [-0.15, -0.1) is 0 Å². The number of hydrogen-bond donors (Lipinski definition) is 1. The molecule has 1 radical (unpaired) electrons. The number of para-hydroxylation sites is 1. The summed E-state index contributed by atoms with van der Waals surface area (Å²) in [5, 5.41) is 0. The van der Waals surface area contributed by atoms with Crippen molar-refractivity contribution in [3.8, 4) is 0 Å². The highest BCUT2D eigenvalue weighted by molar-refractivity contribution is 5.81. The first kappa shape index (κ1) is 5.35. The fraction of sp³-hybridized carbons (Fsp3) is 0.111. The van der Waals surface area contributed by atoms with Crippen LogP contribution in [0.2, 0.25) is 0 Å². The Labute approximate surface area is 64.3 Å². The second kappa shape index (κ2) is 1.64. The van der Waals surface area contributed by atoms with Crippen molar-refractivity contribution in [3.63, 3.8) is 0 Å². The molecule has 1 aliphatic rings. The average molecular weight is 143 g/mol. The molecule has 2 nitrogen and oxygen atoms in total. The average Bonchev–Trinajstić information content (AvgIpc) is 2.42. The van der Waals surface area contributed by atoms with Gasteiger partial charge in [-0.25, -0.2) is 4.98 Å². The van der Waals surface area contributed by atoms with Crippen LogP contribution in [0, 0.1) is 6.42 Å². The molecule has 1 aromatic carbocycles. The van der Waals surface area contributed by atoms with Gasteiger partial charge >= 0.3 is 0 Å². The predicted octanol–water partition coefficient (Wildman–Crippen LogP) is 1.67. The second-order valence-corrected chi connectivity index (χ2v) is 2.84. The van der Waals surface area contributed by atoms with Crippen LogP contribution in [0.1, 0.15) is 11.4 Å². The quantitative estimate of drug-likeness (QED) is 0.597. The maximum Gasteiger partial charge on any atom is 0.107 e. The van der Waals surface area contributed by atoms with Gasteiger partial charge in [0.05, 0.1) is 11.0 Å². The van der Waals surface area contributed by atoms with E-state index >= 15 is 0 Å². The van der Waals surface area contributed by atoms with Gasteiger partial charge in [0, 0.05) is 12.8 Å². The highest BCUT2D eigenvalue weighted by Gasteiger charge is 2.12. The van der Waals surface area contributed by atoms with Crippen molar-refractivity contribution in [2.24, 2.45) is 0 Å². The number of H-pyrrole nitrogens is 1. The Bertz CT molecular complexity index is 414. The van der Waals surface area contributed by atoms with Crippen LogP contribution >= 0.6 is 0 Å². The molecule has 0 aliphatic carbocycles. The standard InChI is InChI=1S/C9H7N2/c1-2-6-4-5-8-10-7(3-1)9(6)11-8/h1-4H,5H2,(H,10,11). The largest absolute Gasteiger partial charge is 0.342 e. The third-order valence-electron chi connectivity index (χ3n) is 2.11. The molecule has 3 rings (SSSR count). The molecule has 2 heterocycles. The molecule has 0 saturated carbocycles. The molecule has 53 valence electrons. The van der Waals surface area contributed by atoms with Crippen molar-refractivity contribution in [1.82, 2.24) is 9.97 Å². The lowest BCUT2D eigenvalue weighted by Crippen LogP contribution is -1.94. The third kappa shape index (κ3) is 0.589. The Morgan fingerprint density at radius 2 is 2.36 bits per heavy atom. The Balaban J connectivity index is 2.61. The van der Waals surface area contributed by atoms with Crippen LogP contribution in [0.5, 0.6) is 0 Å². The molecule has 2 bridgehead atoms. The van der Waals surface area contributed by atoms with Gasteiger partial charge < -0.3 is 4.98 Å². The lowest BCUT2D eigenvalue weighted by atomic mass is 10.1. The second-order valence-electron chi connectivity index (χ2n) is 2.84. The van der Waals surface area contributed by atoms with Gasteiger partial charge in [0.2, 0.25) is 0 Å². The molecule has 0 atom stereocenters. The summed E-state index contributed by atoms with van der Waals surface area (Å²) in [6.07, 6.45) is 3.15. The zero-order valence-corrected chi connectivity index (χ0v) is 5.96. The van der Waals surface area contributed by atoms with Gasteiger partial charge in [-0.05, 0) is 11.6 Å². The van der Waals surface area contributed by atoms with Gasteiger partial charge in [0.15, 0.2) is 0 Å². The first-order chi connectivity index (χ1) is 5.43. The van der Waals surface area contributed by atoms with Gasteiger partial charge in [-0.2, -0.15) is 0 Å². The van der Waals surface area contributed by atoms with Crippen molar-refractivity contribution in [1.29, 1.82) is 0 Å². The Morgan fingerprint density at radius 3 is 3.36 bits per heavy atom. The fourth-order valence-electron chi connectivity index (χ4n) is 1.57. The summed E-state index contributed by atoms with van der Waals surface area (Å²) >= 11 is 0. The SMILES string of the molecule is [CH]1Cc2nc3c1cccc3[nH]2. The Kier molecular flexibility index (Phi) is 0.799. The molecular weight excluding hydrogens is 136 g/mol. The number of aromatic amines is 1. The predicted molar refractivity (Wildman–Crippen MR) is 43.2 cm³/mol. The summed E-state index contributed by atoms with van der Waals surface area (Å²) < 4.78 is 0. The van der Waals surface area contributed by atoms with Gasteiger partial charge in [0.25, 0.3) is 0 Å². The molecule has 2 aromatic rings. The van der Waals surface area contributed by atoms with E-state index in [0.29, 0.717) is 0 Å². The number of nitrogens with one attached hydrogen (secondary N) is 1. The molecule has 2 heteroatoms. The number of fused-ring (bicyclic) bond motifs is 1. The van der Waals surface area contributed by atoms with Gasteiger partial charge in [-0.1, -0.05) is 12.1 Å². The Hall–Kier alpha value is -1.31. The monoisotopic (exact) mass is 143 g/mol. The number of rotatable bonds is 0. The summed E-state index contributed by atoms with van der Waals surface area (Å²) in [4.78, 5) is 7.67. The van der Waals surface area contributed by atoms with Crippen LogP contribution in [0.15, 0.2) is 18.2 Å². The van der Waals surface area contributed by atoms with E-state index in [4.69, 9.17) is 0 Å². The van der Waals surface area contributed by atoms with Crippen molar-refractivity contribution >= 4 is 11.0 Å². The molecule has 0 saturated heterocycles. The molecule has 0 unspecified atom stereocenters. The van der Waals surface area contributed by atoms with Gasteiger partial charge in [-0.3, -0.25) is 0 Å². The smallest absolute Gasteiger partial charge is 0.107 e. The normalized spacial score (nSPS) is 14.5. The highest BCUT2D eigenvalue weighted by Crippen LogP contribution is 2.23. The summed E-state index contributed by atoms with van der Waals surface area (Å²) in [5.74, 6) is 1.08. The van der Waals surface area contributed by atoms with Crippen LogP contribution < -0.4 is 0 Å². The maximum atomic E-state index is 4.41. The number of benzene rings is 1. The van der Waals surface area contributed by atoms with E-state index in [9.17, 15) is 0 Å². The molecular formula is C9H7N2. The highest BCUT2D eigenvalue weighted by atomic mass is 14.9. The van der Waals surface area contributed by atoms with Crippen molar-refractivity contribution in [3.05, 3.63) is 36.0 Å². The first-order valence-corrected chi connectivity index (χ1v) is 3.74. The number of imidazole rings is 1. The van der Waals surface area contributed by atoms with E-state index in [2.05, 4.69) is 34.6 Å². The topological polar surface area (TPSA) is 28.7 Å². The minimum Gasteiger partial charge on any atom is -0.342 e. The van der Waals surface area contributed by atoms with Crippen LogP contribution in [0.25, 0.3) is 11.0 Å². The number of aromatic nitrogens is 2. The maximum absolute atomic E-state index is 4.41. The molecule has 0 spiro atoms. The van der Waals surface area contributed by atoms with Gasteiger partial charge in [0.1, 0.15) is 5.82 Å². The minimum atomic E-state index is 0.945. The summed E-state index contributed by atoms with van der Waals surface area (Å²) in [7, 11) is 0. The summed E-state index contributed by atoms with van der Waals surface area (Å²) in [6, 6.07) is 6.22. The Morgan fingerprint density at radius 1 is 1.36 bits per heavy atom. The third-order valence-corrected chi connectivity index (χ3v) is 2.11. The van der Waals surface area contributed by atoms with E-state index in [-0.39, 0.29) is 0 Å². The molecule has 0 fully saturated rings. The van der Waals surface area contributed by atoms with Crippen molar-refractivity contribution in [2.45, 2.75) is 6.42 Å². The summed E-state index contributed by atoms with van der Waals surface area (Å²) in [5.41, 5.74) is 3.54. The lowest BCUT2D eigenvalue weighted by Gasteiger charge is -2.01. The fourth-order valence-corrected chi connectivity index (χ4v) is 1.57. The van der Waals surface area contributed by atoms with E-state index in [1.54, 1.807) is 0 Å². The zero-order chi connectivity index (χ0) is 7.26. The molecule has 1 N–H and O–H groups in total. The van der Waals surface area contributed by atoms with Crippen molar-refractivity contribution in [2.75, 3.05) is 0 Å². The van der Waals surface area contributed by atoms with Crippen LogP contribution in [-0.4, -0.2) is 9.97 Å². The summed E-state index contributed by atoms with van der Waals surface area (Å²) in [6.45, 7) is 0. The number of hydrogen-bond acceptors (Lipinski definition) is 1.